The molecule has 0 aliphatic carbocycles. The number of Topliss-reactive ketones (excluding diaryl/α,β-unsaturated/α-hetero) is 1. The summed E-state index contributed by atoms with van der Waals surface area (Å²) in [5, 5.41) is 0. The Bertz CT molecular complexity index is 920. The van der Waals surface area contributed by atoms with E-state index in [-0.39, 0.29) is 18.7 Å². The Labute approximate surface area is 166 Å². The van der Waals surface area contributed by atoms with Crippen LogP contribution in [-0.2, 0) is 11.3 Å². The number of ether oxygens (including phenoxy) is 1. The zero-order chi connectivity index (χ0) is 20.5. The minimum absolute atomic E-state index is 0.165. The summed E-state index contributed by atoms with van der Waals surface area (Å²) in [5.74, 6) is -4.72. The van der Waals surface area contributed by atoms with Gasteiger partial charge in [0.15, 0.2) is 17.4 Å². The van der Waals surface area contributed by atoms with Crippen LogP contribution < -0.4 is 0 Å². The molecule has 0 spiro atoms. The Morgan fingerprint density at radius 3 is 2.21 bits per heavy atom. The molecule has 2 heterocycles. The van der Waals surface area contributed by atoms with Crippen molar-refractivity contribution in [3.63, 3.8) is 0 Å². The van der Waals surface area contributed by atoms with Gasteiger partial charge in [-0.3, -0.25) is 4.79 Å². The van der Waals surface area contributed by atoms with Crippen molar-refractivity contribution in [2.45, 2.75) is 44.4 Å². The van der Waals surface area contributed by atoms with Gasteiger partial charge >= 0.3 is 6.09 Å². The number of rotatable bonds is 4. The molecule has 4 rings (SSSR count). The maximum absolute atomic E-state index is 14.0. The van der Waals surface area contributed by atoms with Crippen molar-refractivity contribution in [2.24, 2.45) is 5.92 Å². The van der Waals surface area contributed by atoms with Crippen LogP contribution >= 0.6 is 0 Å². The Kier molecular flexibility index (Phi) is 5.30. The summed E-state index contributed by atoms with van der Waals surface area (Å²) in [7, 11) is 0. The van der Waals surface area contributed by atoms with Crippen molar-refractivity contribution in [2.75, 3.05) is 0 Å². The van der Waals surface area contributed by atoms with Gasteiger partial charge in [0.1, 0.15) is 12.4 Å². The summed E-state index contributed by atoms with van der Waals surface area (Å²) in [6.45, 7) is 0.165. The molecular formula is C22H20F3NO3. The molecule has 152 valence electrons. The third kappa shape index (κ3) is 3.86. The minimum Gasteiger partial charge on any atom is -0.445 e. The third-order valence-corrected chi connectivity index (χ3v) is 5.80. The first kappa shape index (κ1) is 19.5. The number of piperidine rings is 1. The Morgan fingerprint density at radius 2 is 1.55 bits per heavy atom. The number of carbonyl (C=O) groups excluding carboxylic acids is 2. The summed E-state index contributed by atoms with van der Waals surface area (Å²) in [6, 6.07) is 9.99. The second-order valence-electron chi connectivity index (χ2n) is 7.61. The Hall–Kier alpha value is -2.83. The molecule has 4 nitrogen and oxygen atoms in total. The van der Waals surface area contributed by atoms with Gasteiger partial charge in [-0.25, -0.2) is 18.0 Å². The molecular weight excluding hydrogens is 383 g/mol. The first-order valence-corrected chi connectivity index (χ1v) is 9.62. The fourth-order valence-electron chi connectivity index (χ4n) is 4.41. The van der Waals surface area contributed by atoms with Crippen LogP contribution in [0.2, 0.25) is 0 Å². The predicted molar refractivity (Wildman–Crippen MR) is 98.6 cm³/mol. The number of hydrogen-bond acceptors (Lipinski definition) is 3. The molecule has 2 atom stereocenters. The molecule has 2 bridgehead atoms. The molecule has 29 heavy (non-hydrogen) atoms. The van der Waals surface area contributed by atoms with Gasteiger partial charge in [0.05, 0.1) is 5.56 Å². The lowest BCUT2D eigenvalue weighted by molar-refractivity contribution is 0.0483. The topological polar surface area (TPSA) is 46.6 Å². The fraction of sp³-hybridized carbons (Fsp3) is 0.364. The average molecular weight is 403 g/mol. The van der Waals surface area contributed by atoms with Crippen LogP contribution in [-0.4, -0.2) is 28.9 Å². The van der Waals surface area contributed by atoms with E-state index in [0.717, 1.165) is 18.4 Å². The van der Waals surface area contributed by atoms with Crippen molar-refractivity contribution in [3.8, 4) is 0 Å². The monoisotopic (exact) mass is 403 g/mol. The lowest BCUT2D eigenvalue weighted by atomic mass is 9.84. The van der Waals surface area contributed by atoms with Gasteiger partial charge in [-0.05, 0) is 37.3 Å². The maximum Gasteiger partial charge on any atom is 0.410 e. The van der Waals surface area contributed by atoms with Gasteiger partial charge in [0.25, 0.3) is 0 Å². The van der Waals surface area contributed by atoms with Gasteiger partial charge in [0.2, 0.25) is 0 Å². The largest absolute Gasteiger partial charge is 0.445 e. The number of ketones is 1. The molecule has 0 radical (unpaired) electrons. The number of carbonyl (C=O) groups is 2. The maximum atomic E-state index is 14.0. The van der Waals surface area contributed by atoms with Crippen molar-refractivity contribution in [1.82, 2.24) is 4.90 Å². The van der Waals surface area contributed by atoms with E-state index in [0.29, 0.717) is 25.0 Å². The number of amides is 1. The summed E-state index contributed by atoms with van der Waals surface area (Å²) >= 11 is 0. The summed E-state index contributed by atoms with van der Waals surface area (Å²) in [4.78, 5) is 27.0. The van der Waals surface area contributed by atoms with E-state index in [1.807, 2.05) is 30.3 Å². The second kappa shape index (κ2) is 7.89. The van der Waals surface area contributed by atoms with Crippen LogP contribution in [0.4, 0.5) is 18.0 Å². The zero-order valence-electron chi connectivity index (χ0n) is 15.6. The second-order valence-corrected chi connectivity index (χ2v) is 7.61. The number of benzene rings is 2. The van der Waals surface area contributed by atoms with E-state index in [9.17, 15) is 22.8 Å². The number of halogens is 3. The van der Waals surface area contributed by atoms with Gasteiger partial charge < -0.3 is 9.64 Å². The van der Waals surface area contributed by atoms with E-state index in [1.54, 1.807) is 4.90 Å². The predicted octanol–water partition coefficient (Wildman–Crippen LogP) is 4.87. The summed E-state index contributed by atoms with van der Waals surface area (Å²) in [5.41, 5.74) is 0.445. The van der Waals surface area contributed by atoms with Crippen LogP contribution in [0.25, 0.3) is 0 Å². The highest BCUT2D eigenvalue weighted by Gasteiger charge is 2.46. The molecule has 1 amide bonds. The number of hydrogen-bond donors (Lipinski definition) is 0. The number of nitrogens with zero attached hydrogens (tertiary/aromatic N) is 1. The smallest absolute Gasteiger partial charge is 0.410 e. The molecule has 0 saturated carbocycles. The third-order valence-electron chi connectivity index (χ3n) is 5.80. The molecule has 0 N–H and O–H groups in total. The van der Waals surface area contributed by atoms with Gasteiger partial charge in [-0.1, -0.05) is 30.3 Å². The molecule has 2 fully saturated rings. The molecule has 2 aliphatic rings. The Balaban J connectivity index is 1.43. The molecule has 7 heteroatoms. The molecule has 2 aromatic rings. The van der Waals surface area contributed by atoms with E-state index in [4.69, 9.17) is 4.74 Å². The van der Waals surface area contributed by atoms with Crippen molar-refractivity contribution in [3.05, 3.63) is 71.0 Å². The van der Waals surface area contributed by atoms with E-state index >= 15 is 0 Å². The highest BCUT2D eigenvalue weighted by molar-refractivity contribution is 5.98. The van der Waals surface area contributed by atoms with Crippen LogP contribution in [0.5, 0.6) is 0 Å². The SMILES string of the molecule is O=C(c1cc(F)c(F)cc1F)C1CC2CCC(C1)N2C(=O)OCc1ccccc1. The van der Waals surface area contributed by atoms with Crippen LogP contribution in [0.3, 0.4) is 0 Å². The fourth-order valence-corrected chi connectivity index (χ4v) is 4.41. The van der Waals surface area contributed by atoms with Crippen LogP contribution in [0.1, 0.15) is 41.6 Å². The molecule has 2 aromatic carbocycles. The standard InChI is InChI=1S/C22H20F3NO3/c23-18-11-20(25)19(24)10-17(18)21(27)14-8-15-6-7-16(9-14)26(15)22(28)29-12-13-4-2-1-3-5-13/h1-5,10-11,14-16H,6-9,12H2. The van der Waals surface area contributed by atoms with Crippen LogP contribution in [0, 0.1) is 23.4 Å². The van der Waals surface area contributed by atoms with Gasteiger partial charge in [-0.2, -0.15) is 0 Å². The summed E-state index contributed by atoms with van der Waals surface area (Å²) < 4.78 is 46.1. The van der Waals surface area contributed by atoms with Gasteiger partial charge in [0, 0.05) is 24.1 Å². The zero-order valence-corrected chi connectivity index (χ0v) is 15.6. The molecule has 2 saturated heterocycles. The lowest BCUT2D eigenvalue weighted by Gasteiger charge is -2.37. The van der Waals surface area contributed by atoms with E-state index in [2.05, 4.69) is 0 Å². The normalized spacial score (nSPS) is 23.1. The van der Waals surface area contributed by atoms with Gasteiger partial charge in [-0.15, -0.1) is 0 Å². The average Bonchev–Trinajstić information content (AvgIpc) is 2.98. The highest BCUT2D eigenvalue weighted by atomic mass is 19.2. The quantitative estimate of drug-likeness (QED) is 0.541. The lowest BCUT2D eigenvalue weighted by Crippen LogP contribution is -2.48. The Morgan fingerprint density at radius 1 is 0.931 bits per heavy atom. The molecule has 0 aromatic heterocycles. The molecule has 2 unspecified atom stereocenters. The first-order valence-electron chi connectivity index (χ1n) is 9.62. The van der Waals surface area contributed by atoms with Crippen molar-refractivity contribution < 1.29 is 27.5 Å². The van der Waals surface area contributed by atoms with Crippen molar-refractivity contribution >= 4 is 11.9 Å². The van der Waals surface area contributed by atoms with E-state index in [1.165, 1.54) is 0 Å². The first-order chi connectivity index (χ1) is 13.9. The summed E-state index contributed by atoms with van der Waals surface area (Å²) in [6.07, 6.45) is 1.75. The van der Waals surface area contributed by atoms with E-state index < -0.39 is 40.8 Å². The van der Waals surface area contributed by atoms with Crippen LogP contribution in [0.15, 0.2) is 42.5 Å². The minimum atomic E-state index is -1.32. The molecule has 2 aliphatic heterocycles. The van der Waals surface area contributed by atoms with Crippen molar-refractivity contribution in [1.29, 1.82) is 0 Å². The highest BCUT2D eigenvalue weighted by Crippen LogP contribution is 2.40. The number of fused-ring (bicyclic) bond motifs is 2.